The molecule has 0 fully saturated rings. The minimum absolute atomic E-state index is 0.193. The molecular formula is C49H34O. The Morgan fingerprint density at radius 3 is 1.96 bits per heavy atom. The molecule has 0 saturated heterocycles. The average molecular weight is 639 g/mol. The SMILES string of the molecule is CC1(C)c2ccccc2-c2c1c(-c1c3c(c(-c4ccc5ccccc5c4)c4ccccc14)=CCCC=3)cc1c2ccc2c3ccccc3oc12. The van der Waals surface area contributed by atoms with E-state index in [-0.39, 0.29) is 5.41 Å². The van der Waals surface area contributed by atoms with Crippen LogP contribution in [0, 0.1) is 0 Å². The Bertz CT molecular complexity index is 3060. The predicted octanol–water partition coefficient (Wildman–Crippen LogP) is 12.0. The van der Waals surface area contributed by atoms with E-state index in [4.69, 9.17) is 4.42 Å². The van der Waals surface area contributed by atoms with Crippen LogP contribution < -0.4 is 10.4 Å². The molecular weight excluding hydrogens is 605 g/mol. The Kier molecular flexibility index (Phi) is 5.63. The van der Waals surface area contributed by atoms with E-state index in [0.29, 0.717) is 0 Å². The van der Waals surface area contributed by atoms with Gasteiger partial charge in [0.15, 0.2) is 0 Å². The third-order valence-corrected chi connectivity index (χ3v) is 11.6. The van der Waals surface area contributed by atoms with Crippen LogP contribution in [0.1, 0.15) is 37.8 Å². The molecule has 0 saturated carbocycles. The van der Waals surface area contributed by atoms with Crippen molar-refractivity contribution in [3.8, 4) is 33.4 Å². The minimum atomic E-state index is -0.193. The number of hydrogen-bond acceptors (Lipinski definition) is 1. The molecule has 2 aliphatic carbocycles. The van der Waals surface area contributed by atoms with Gasteiger partial charge in [-0.05, 0) is 119 Å². The van der Waals surface area contributed by atoms with Crippen molar-refractivity contribution in [2.75, 3.05) is 0 Å². The van der Waals surface area contributed by atoms with Gasteiger partial charge >= 0.3 is 0 Å². The molecule has 0 aliphatic heterocycles. The lowest BCUT2D eigenvalue weighted by Gasteiger charge is -2.27. The number of hydrogen-bond donors (Lipinski definition) is 0. The lowest BCUT2D eigenvalue weighted by molar-refractivity contribution is 0.662. The van der Waals surface area contributed by atoms with E-state index in [1.807, 2.05) is 0 Å². The summed E-state index contributed by atoms with van der Waals surface area (Å²) in [5.41, 5.74) is 12.4. The van der Waals surface area contributed by atoms with Crippen molar-refractivity contribution >= 4 is 66.4 Å². The maximum atomic E-state index is 6.75. The van der Waals surface area contributed by atoms with E-state index in [9.17, 15) is 0 Å². The van der Waals surface area contributed by atoms with Gasteiger partial charge in [-0.25, -0.2) is 0 Å². The summed E-state index contributed by atoms with van der Waals surface area (Å²) in [4.78, 5) is 0. The van der Waals surface area contributed by atoms with Crippen molar-refractivity contribution in [2.45, 2.75) is 32.1 Å². The van der Waals surface area contributed by atoms with Gasteiger partial charge in [-0.1, -0.05) is 135 Å². The van der Waals surface area contributed by atoms with Gasteiger partial charge in [-0.3, -0.25) is 0 Å². The maximum Gasteiger partial charge on any atom is 0.143 e. The smallest absolute Gasteiger partial charge is 0.143 e. The topological polar surface area (TPSA) is 13.1 Å². The van der Waals surface area contributed by atoms with E-state index < -0.39 is 0 Å². The third-order valence-electron chi connectivity index (χ3n) is 11.6. The molecule has 0 atom stereocenters. The lowest BCUT2D eigenvalue weighted by atomic mass is 9.76. The largest absolute Gasteiger partial charge is 0.455 e. The summed E-state index contributed by atoms with van der Waals surface area (Å²) in [7, 11) is 0. The summed E-state index contributed by atoms with van der Waals surface area (Å²) >= 11 is 0. The van der Waals surface area contributed by atoms with Crippen molar-refractivity contribution in [2.24, 2.45) is 0 Å². The standard InChI is InChI=1S/C49H34O/c1-49(2)42-21-11-9-20-39(42)46-37-25-26-38-32-15-10-12-22-43(32)50-48(38)40(37)28-41(47(46)49)45-35-18-7-5-16-33(35)44(34-17-6-8-19-36(34)45)31-24-23-29-13-3-4-14-30(29)27-31/h3-5,7,9-28H,6,8H2,1-2H3. The second-order valence-corrected chi connectivity index (χ2v) is 14.7. The Labute approximate surface area is 290 Å². The molecule has 2 aliphatic rings. The highest BCUT2D eigenvalue weighted by Crippen LogP contribution is 2.56. The zero-order valence-electron chi connectivity index (χ0n) is 28.2. The predicted molar refractivity (Wildman–Crippen MR) is 212 cm³/mol. The van der Waals surface area contributed by atoms with Crippen molar-refractivity contribution in [1.29, 1.82) is 0 Å². The Morgan fingerprint density at radius 1 is 0.480 bits per heavy atom. The van der Waals surface area contributed by atoms with E-state index in [0.717, 1.165) is 29.4 Å². The summed E-state index contributed by atoms with van der Waals surface area (Å²) < 4.78 is 6.75. The van der Waals surface area contributed by atoms with E-state index in [2.05, 4.69) is 159 Å². The fraction of sp³-hybridized carbons (Fsp3) is 0.102. The van der Waals surface area contributed by atoms with Gasteiger partial charge in [0.2, 0.25) is 0 Å². The van der Waals surface area contributed by atoms with E-state index >= 15 is 0 Å². The van der Waals surface area contributed by atoms with Gasteiger partial charge in [0, 0.05) is 21.6 Å². The van der Waals surface area contributed by atoms with Crippen LogP contribution in [0.15, 0.2) is 138 Å². The van der Waals surface area contributed by atoms with Crippen molar-refractivity contribution in [3.05, 3.63) is 155 Å². The second kappa shape index (κ2) is 10.1. The average Bonchev–Trinajstić information content (AvgIpc) is 3.66. The van der Waals surface area contributed by atoms with Crippen LogP contribution in [-0.2, 0) is 5.41 Å². The summed E-state index contributed by atoms with van der Waals surface area (Å²) in [6, 6.07) is 49.4. The summed E-state index contributed by atoms with van der Waals surface area (Å²) in [5.74, 6) is 0. The number of rotatable bonds is 2. The van der Waals surface area contributed by atoms with Crippen LogP contribution >= 0.6 is 0 Å². The van der Waals surface area contributed by atoms with Crippen LogP contribution in [0.2, 0.25) is 0 Å². The van der Waals surface area contributed by atoms with Crippen LogP contribution in [0.3, 0.4) is 0 Å². The molecule has 1 heterocycles. The molecule has 0 amide bonds. The Balaban J connectivity index is 1.34. The molecule has 1 aromatic heterocycles. The first-order valence-electron chi connectivity index (χ1n) is 17.8. The lowest BCUT2D eigenvalue weighted by Crippen LogP contribution is -2.32. The van der Waals surface area contributed by atoms with E-state index in [1.165, 1.54) is 92.6 Å². The molecule has 236 valence electrons. The fourth-order valence-corrected chi connectivity index (χ4v) is 9.47. The molecule has 9 aromatic rings. The highest BCUT2D eigenvalue weighted by molar-refractivity contribution is 6.21. The molecule has 0 spiro atoms. The fourth-order valence-electron chi connectivity index (χ4n) is 9.47. The first kappa shape index (κ1) is 28.0. The number of benzene rings is 8. The van der Waals surface area contributed by atoms with Gasteiger partial charge in [0.05, 0.1) is 0 Å². The highest BCUT2D eigenvalue weighted by atomic mass is 16.3. The Hall–Kier alpha value is -5.92. The first-order chi connectivity index (χ1) is 24.6. The molecule has 0 bridgehead atoms. The molecule has 0 N–H and O–H groups in total. The minimum Gasteiger partial charge on any atom is -0.455 e. The van der Waals surface area contributed by atoms with Crippen LogP contribution in [-0.4, -0.2) is 0 Å². The normalized spacial score (nSPS) is 14.5. The summed E-state index contributed by atoms with van der Waals surface area (Å²) in [6.07, 6.45) is 7.07. The summed E-state index contributed by atoms with van der Waals surface area (Å²) in [6.45, 7) is 4.83. The second-order valence-electron chi connectivity index (χ2n) is 14.7. The van der Waals surface area contributed by atoms with Gasteiger partial charge < -0.3 is 4.42 Å². The summed E-state index contributed by atoms with van der Waals surface area (Å²) in [5, 5.41) is 12.6. The first-order valence-corrected chi connectivity index (χ1v) is 17.8. The van der Waals surface area contributed by atoms with Crippen LogP contribution in [0.25, 0.3) is 99.8 Å². The van der Waals surface area contributed by atoms with Gasteiger partial charge in [0.25, 0.3) is 0 Å². The number of furan rings is 1. The van der Waals surface area contributed by atoms with Crippen molar-refractivity contribution in [1.82, 2.24) is 0 Å². The van der Waals surface area contributed by atoms with Crippen LogP contribution in [0.5, 0.6) is 0 Å². The molecule has 0 radical (unpaired) electrons. The van der Waals surface area contributed by atoms with Crippen LogP contribution in [0.4, 0.5) is 0 Å². The van der Waals surface area contributed by atoms with Gasteiger partial charge in [-0.2, -0.15) is 0 Å². The zero-order valence-corrected chi connectivity index (χ0v) is 28.2. The quantitative estimate of drug-likeness (QED) is 0.184. The molecule has 8 aromatic carbocycles. The highest BCUT2D eigenvalue weighted by Gasteiger charge is 2.39. The monoisotopic (exact) mass is 638 g/mol. The molecule has 1 nitrogen and oxygen atoms in total. The molecule has 0 unspecified atom stereocenters. The number of para-hydroxylation sites is 1. The van der Waals surface area contributed by atoms with Gasteiger partial charge in [-0.15, -0.1) is 0 Å². The van der Waals surface area contributed by atoms with Crippen molar-refractivity contribution < 1.29 is 4.42 Å². The van der Waals surface area contributed by atoms with Gasteiger partial charge in [0.1, 0.15) is 11.2 Å². The third kappa shape index (κ3) is 3.67. The van der Waals surface area contributed by atoms with Crippen molar-refractivity contribution in [3.63, 3.8) is 0 Å². The molecule has 11 rings (SSSR count). The number of fused-ring (bicyclic) bond motifs is 12. The van der Waals surface area contributed by atoms with E-state index in [1.54, 1.807) is 0 Å². The zero-order chi connectivity index (χ0) is 33.1. The Morgan fingerprint density at radius 2 is 1.12 bits per heavy atom. The maximum absolute atomic E-state index is 6.75. The molecule has 50 heavy (non-hydrogen) atoms. The molecule has 1 heteroatoms.